The van der Waals surface area contributed by atoms with Gasteiger partial charge in [-0.05, 0) is 32.6 Å². The summed E-state index contributed by atoms with van der Waals surface area (Å²) >= 11 is 0. The highest BCUT2D eigenvalue weighted by Gasteiger charge is 2.28. The van der Waals surface area contributed by atoms with Crippen molar-refractivity contribution in [1.82, 2.24) is 20.3 Å². The Labute approximate surface area is 101 Å². The van der Waals surface area contributed by atoms with Crippen molar-refractivity contribution in [2.75, 3.05) is 6.54 Å². The van der Waals surface area contributed by atoms with E-state index in [1.807, 2.05) is 11.8 Å². The van der Waals surface area contributed by atoms with E-state index < -0.39 is 0 Å². The molecule has 1 amide bonds. The van der Waals surface area contributed by atoms with Gasteiger partial charge in [0.2, 0.25) is 0 Å². The van der Waals surface area contributed by atoms with E-state index in [2.05, 4.69) is 15.4 Å². The Hall–Kier alpha value is -1.43. The van der Waals surface area contributed by atoms with E-state index in [0.717, 1.165) is 25.7 Å². The zero-order chi connectivity index (χ0) is 12.3. The van der Waals surface area contributed by atoms with E-state index in [1.165, 1.54) is 6.20 Å². The van der Waals surface area contributed by atoms with Gasteiger partial charge in [0.25, 0.3) is 5.91 Å². The Kier molecular flexibility index (Phi) is 3.73. The van der Waals surface area contributed by atoms with Gasteiger partial charge in [0.05, 0.1) is 6.20 Å². The van der Waals surface area contributed by atoms with Crippen molar-refractivity contribution >= 4 is 5.91 Å². The number of nitrogens with zero attached hydrogens (tertiary/aromatic N) is 3. The van der Waals surface area contributed by atoms with E-state index in [0.29, 0.717) is 24.3 Å². The van der Waals surface area contributed by atoms with E-state index in [9.17, 15) is 4.79 Å². The molecular weight excluding hydrogens is 218 g/mol. The molecule has 0 unspecified atom stereocenters. The van der Waals surface area contributed by atoms with Crippen LogP contribution < -0.4 is 5.73 Å². The first kappa shape index (κ1) is 12.0. The molecule has 6 heteroatoms. The molecule has 17 heavy (non-hydrogen) atoms. The molecule has 0 bridgehead atoms. The second-order valence-electron chi connectivity index (χ2n) is 4.52. The average Bonchev–Trinajstić information content (AvgIpc) is 2.86. The molecule has 0 saturated heterocycles. The highest BCUT2D eigenvalue weighted by atomic mass is 16.2. The molecule has 0 spiro atoms. The first-order chi connectivity index (χ1) is 8.22. The maximum absolute atomic E-state index is 12.2. The maximum atomic E-state index is 12.2. The van der Waals surface area contributed by atoms with Crippen molar-refractivity contribution in [2.45, 2.75) is 44.7 Å². The fraction of sp³-hybridized carbons (Fsp3) is 0.727. The van der Waals surface area contributed by atoms with Crippen LogP contribution in [-0.4, -0.2) is 44.8 Å². The molecule has 3 N–H and O–H groups in total. The third-order valence-electron chi connectivity index (χ3n) is 3.42. The lowest BCUT2D eigenvalue weighted by atomic mass is 9.90. The van der Waals surface area contributed by atoms with Crippen molar-refractivity contribution in [2.24, 2.45) is 5.73 Å². The fourth-order valence-corrected chi connectivity index (χ4v) is 2.43. The minimum absolute atomic E-state index is 0.0401. The summed E-state index contributed by atoms with van der Waals surface area (Å²) in [5, 5.41) is 9.99. The van der Waals surface area contributed by atoms with E-state index in [1.54, 1.807) is 0 Å². The Morgan fingerprint density at radius 3 is 2.76 bits per heavy atom. The van der Waals surface area contributed by atoms with Crippen LogP contribution in [0.5, 0.6) is 0 Å². The Morgan fingerprint density at radius 2 is 2.24 bits per heavy atom. The maximum Gasteiger partial charge on any atom is 0.276 e. The number of aromatic amines is 1. The second kappa shape index (κ2) is 5.27. The summed E-state index contributed by atoms with van der Waals surface area (Å²) in [7, 11) is 0. The number of rotatable bonds is 3. The van der Waals surface area contributed by atoms with Crippen molar-refractivity contribution < 1.29 is 4.79 Å². The molecule has 1 fully saturated rings. The van der Waals surface area contributed by atoms with Crippen LogP contribution in [0, 0.1) is 0 Å². The topological polar surface area (TPSA) is 87.9 Å². The third kappa shape index (κ3) is 2.63. The monoisotopic (exact) mass is 237 g/mol. The Balaban J connectivity index is 2.03. The molecule has 1 saturated carbocycles. The third-order valence-corrected chi connectivity index (χ3v) is 3.42. The SMILES string of the molecule is CCN(C(=O)c1cn[nH]n1)C1CCC(N)CC1. The van der Waals surface area contributed by atoms with Crippen LogP contribution in [0.25, 0.3) is 0 Å². The quantitative estimate of drug-likeness (QED) is 0.803. The van der Waals surface area contributed by atoms with Crippen molar-refractivity contribution in [3.05, 3.63) is 11.9 Å². The molecular formula is C11H19N5O. The number of carbonyl (C=O) groups is 1. The number of hydrogen-bond acceptors (Lipinski definition) is 4. The van der Waals surface area contributed by atoms with Crippen molar-refractivity contribution in [1.29, 1.82) is 0 Å². The molecule has 1 aliphatic carbocycles. The van der Waals surface area contributed by atoms with Gasteiger partial charge in [-0.1, -0.05) is 0 Å². The van der Waals surface area contributed by atoms with Crippen LogP contribution >= 0.6 is 0 Å². The largest absolute Gasteiger partial charge is 0.334 e. The number of nitrogens with one attached hydrogen (secondary N) is 1. The summed E-state index contributed by atoms with van der Waals surface area (Å²) < 4.78 is 0. The Morgan fingerprint density at radius 1 is 1.53 bits per heavy atom. The minimum Gasteiger partial charge on any atom is -0.334 e. The number of amides is 1. The normalized spacial score (nSPS) is 24.6. The highest BCUT2D eigenvalue weighted by Crippen LogP contribution is 2.23. The first-order valence-electron chi connectivity index (χ1n) is 6.14. The van der Waals surface area contributed by atoms with Crippen LogP contribution in [0.2, 0.25) is 0 Å². The molecule has 6 nitrogen and oxygen atoms in total. The molecule has 1 heterocycles. The Bertz CT molecular complexity index is 356. The van der Waals surface area contributed by atoms with Crippen LogP contribution in [-0.2, 0) is 0 Å². The van der Waals surface area contributed by atoms with Gasteiger partial charge in [0.1, 0.15) is 0 Å². The van der Waals surface area contributed by atoms with Crippen molar-refractivity contribution in [3.63, 3.8) is 0 Å². The summed E-state index contributed by atoms with van der Waals surface area (Å²) in [6, 6.07) is 0.594. The summed E-state index contributed by atoms with van der Waals surface area (Å²) in [6.07, 6.45) is 5.43. The van der Waals surface area contributed by atoms with Gasteiger partial charge in [0, 0.05) is 18.6 Å². The molecule has 94 valence electrons. The second-order valence-corrected chi connectivity index (χ2v) is 4.52. The van der Waals surface area contributed by atoms with Gasteiger partial charge in [-0.2, -0.15) is 15.4 Å². The first-order valence-corrected chi connectivity index (χ1v) is 6.14. The molecule has 2 rings (SSSR count). The summed E-state index contributed by atoms with van der Waals surface area (Å²) in [5.74, 6) is -0.0401. The van der Waals surface area contributed by atoms with Crippen LogP contribution in [0.1, 0.15) is 43.1 Å². The molecule has 0 aromatic carbocycles. The fourth-order valence-electron chi connectivity index (χ4n) is 2.43. The zero-order valence-corrected chi connectivity index (χ0v) is 10.1. The predicted molar refractivity (Wildman–Crippen MR) is 63.3 cm³/mol. The summed E-state index contributed by atoms with van der Waals surface area (Å²) in [6.45, 7) is 2.69. The number of aromatic nitrogens is 3. The number of H-pyrrole nitrogens is 1. The number of carbonyl (C=O) groups excluding carboxylic acids is 1. The van der Waals surface area contributed by atoms with Gasteiger partial charge < -0.3 is 10.6 Å². The van der Waals surface area contributed by atoms with Crippen molar-refractivity contribution in [3.8, 4) is 0 Å². The smallest absolute Gasteiger partial charge is 0.276 e. The van der Waals surface area contributed by atoms with Gasteiger partial charge in [-0.25, -0.2) is 0 Å². The summed E-state index contributed by atoms with van der Waals surface area (Å²) in [5.41, 5.74) is 6.27. The van der Waals surface area contributed by atoms with E-state index >= 15 is 0 Å². The number of nitrogens with two attached hydrogens (primary N) is 1. The van der Waals surface area contributed by atoms with Gasteiger partial charge >= 0.3 is 0 Å². The minimum atomic E-state index is -0.0401. The van der Waals surface area contributed by atoms with Gasteiger partial charge in [-0.15, -0.1) is 0 Å². The van der Waals surface area contributed by atoms with E-state index in [4.69, 9.17) is 5.73 Å². The van der Waals surface area contributed by atoms with Crippen LogP contribution in [0.15, 0.2) is 6.20 Å². The molecule has 1 aliphatic rings. The highest BCUT2D eigenvalue weighted by molar-refractivity contribution is 5.92. The molecule has 1 aromatic rings. The van der Waals surface area contributed by atoms with Gasteiger partial charge in [-0.3, -0.25) is 4.79 Å². The molecule has 0 atom stereocenters. The average molecular weight is 237 g/mol. The zero-order valence-electron chi connectivity index (χ0n) is 10.1. The molecule has 0 radical (unpaired) electrons. The number of hydrogen-bond donors (Lipinski definition) is 2. The van der Waals surface area contributed by atoms with Crippen LogP contribution in [0.3, 0.4) is 0 Å². The lowest BCUT2D eigenvalue weighted by molar-refractivity contribution is 0.0634. The lowest BCUT2D eigenvalue weighted by Gasteiger charge is -2.35. The lowest BCUT2D eigenvalue weighted by Crippen LogP contribution is -2.44. The van der Waals surface area contributed by atoms with Gasteiger partial charge in [0.15, 0.2) is 5.69 Å². The van der Waals surface area contributed by atoms with Crippen LogP contribution in [0.4, 0.5) is 0 Å². The molecule has 0 aliphatic heterocycles. The predicted octanol–water partition coefficient (Wildman–Crippen LogP) is 0.537. The molecule has 1 aromatic heterocycles. The standard InChI is InChI=1S/C11H19N5O/c1-2-16(9-5-3-8(12)4-6-9)11(17)10-7-13-15-14-10/h7-9H,2-6,12H2,1H3,(H,13,14,15). The summed E-state index contributed by atoms with van der Waals surface area (Å²) in [4.78, 5) is 14.1. The van der Waals surface area contributed by atoms with E-state index in [-0.39, 0.29) is 5.91 Å².